The van der Waals surface area contributed by atoms with E-state index in [-0.39, 0.29) is 0 Å². The van der Waals surface area contributed by atoms with Gasteiger partial charge < -0.3 is 10.3 Å². The number of nitrogens with zero attached hydrogens (tertiary/aromatic N) is 2. The highest BCUT2D eigenvalue weighted by molar-refractivity contribution is 5.65. The largest absolute Gasteiger partial charge is 0.399 e. The lowest BCUT2D eigenvalue weighted by atomic mass is 10.1. The molecule has 1 heterocycles. The summed E-state index contributed by atoms with van der Waals surface area (Å²) in [4.78, 5) is 4.31. The molecule has 0 bridgehead atoms. The van der Waals surface area contributed by atoms with Gasteiger partial charge in [-0.3, -0.25) is 0 Å². The minimum absolute atomic E-state index is 0.801. The Morgan fingerprint density at radius 2 is 2.13 bits per heavy atom. The third-order valence-electron chi connectivity index (χ3n) is 2.42. The summed E-state index contributed by atoms with van der Waals surface area (Å²) in [5.74, 6) is 0. The van der Waals surface area contributed by atoms with Gasteiger partial charge in [-0.2, -0.15) is 0 Å². The molecule has 0 saturated heterocycles. The molecule has 0 unspecified atom stereocenters. The zero-order valence-corrected chi connectivity index (χ0v) is 9.07. The van der Waals surface area contributed by atoms with E-state index in [9.17, 15) is 0 Å². The van der Waals surface area contributed by atoms with Crippen molar-refractivity contribution in [3.05, 3.63) is 36.3 Å². The summed E-state index contributed by atoms with van der Waals surface area (Å²) >= 11 is 0. The van der Waals surface area contributed by atoms with Gasteiger partial charge in [-0.1, -0.05) is 6.92 Å². The average molecular weight is 201 g/mol. The highest BCUT2D eigenvalue weighted by Crippen LogP contribution is 2.22. The molecule has 0 atom stereocenters. The molecule has 0 fully saturated rings. The van der Waals surface area contributed by atoms with Crippen molar-refractivity contribution in [1.29, 1.82) is 0 Å². The molecule has 0 radical (unpaired) electrons. The molecule has 0 aliphatic rings. The van der Waals surface area contributed by atoms with Crippen molar-refractivity contribution in [2.75, 3.05) is 5.73 Å². The van der Waals surface area contributed by atoms with E-state index in [2.05, 4.69) is 18.0 Å². The third-order valence-corrected chi connectivity index (χ3v) is 2.42. The lowest BCUT2D eigenvalue weighted by Crippen LogP contribution is -1.90. The summed E-state index contributed by atoms with van der Waals surface area (Å²) in [7, 11) is 1.96. The number of nitrogen functional groups attached to an aromatic ring is 1. The second kappa shape index (κ2) is 3.77. The Kier molecular flexibility index (Phi) is 2.46. The fourth-order valence-corrected chi connectivity index (χ4v) is 1.63. The number of hydrogen-bond donors (Lipinski definition) is 1. The maximum Gasteiger partial charge on any atom is 0.0951 e. The van der Waals surface area contributed by atoms with E-state index >= 15 is 0 Å². The highest BCUT2D eigenvalue weighted by Gasteiger charge is 2.03. The van der Waals surface area contributed by atoms with Crippen LogP contribution in [0.4, 0.5) is 5.69 Å². The Labute approximate surface area is 89.6 Å². The molecule has 3 heteroatoms. The van der Waals surface area contributed by atoms with Crippen LogP contribution in [0.25, 0.3) is 11.3 Å². The predicted molar refractivity (Wildman–Crippen MR) is 62.4 cm³/mol. The molecule has 2 N–H and O–H groups in total. The number of imidazole rings is 1. The monoisotopic (exact) mass is 201 g/mol. The minimum atomic E-state index is 0.801. The number of aryl methyl sites for hydroxylation is 2. The Morgan fingerprint density at radius 1 is 1.33 bits per heavy atom. The van der Waals surface area contributed by atoms with Crippen molar-refractivity contribution in [2.24, 2.45) is 7.05 Å². The zero-order chi connectivity index (χ0) is 10.8. The van der Waals surface area contributed by atoms with Crippen LogP contribution >= 0.6 is 0 Å². The zero-order valence-electron chi connectivity index (χ0n) is 9.07. The molecule has 1 aromatic heterocycles. The summed E-state index contributed by atoms with van der Waals surface area (Å²) in [6.45, 7) is 2.12. The second-order valence-electron chi connectivity index (χ2n) is 3.74. The van der Waals surface area contributed by atoms with Gasteiger partial charge >= 0.3 is 0 Å². The molecule has 0 saturated carbocycles. The summed E-state index contributed by atoms with van der Waals surface area (Å²) in [6.07, 6.45) is 4.78. The molecular weight excluding hydrogens is 186 g/mol. The van der Waals surface area contributed by atoms with Gasteiger partial charge in [0.05, 0.1) is 12.0 Å². The van der Waals surface area contributed by atoms with Crippen LogP contribution in [-0.4, -0.2) is 9.55 Å². The van der Waals surface area contributed by atoms with Crippen molar-refractivity contribution in [3.63, 3.8) is 0 Å². The first kappa shape index (κ1) is 9.77. The number of nitrogens with two attached hydrogens (primary N) is 1. The van der Waals surface area contributed by atoms with Crippen LogP contribution in [0.2, 0.25) is 0 Å². The number of rotatable bonds is 2. The van der Waals surface area contributed by atoms with E-state index < -0.39 is 0 Å². The predicted octanol–water partition coefficient (Wildman–Crippen LogP) is 2.23. The Balaban J connectivity index is 2.48. The van der Waals surface area contributed by atoms with Crippen LogP contribution in [0.3, 0.4) is 0 Å². The van der Waals surface area contributed by atoms with Crippen molar-refractivity contribution in [3.8, 4) is 11.3 Å². The lowest BCUT2D eigenvalue weighted by molar-refractivity contribution is 0.913. The van der Waals surface area contributed by atoms with Gasteiger partial charge in [-0.25, -0.2) is 4.98 Å². The Bertz CT molecular complexity index is 471. The Hall–Kier alpha value is -1.77. The third kappa shape index (κ3) is 2.01. The Morgan fingerprint density at radius 3 is 2.73 bits per heavy atom. The maximum atomic E-state index is 5.84. The van der Waals surface area contributed by atoms with Crippen LogP contribution < -0.4 is 5.73 Å². The molecule has 15 heavy (non-hydrogen) atoms. The number of hydrogen-bond acceptors (Lipinski definition) is 2. The molecule has 78 valence electrons. The topological polar surface area (TPSA) is 43.8 Å². The van der Waals surface area contributed by atoms with Crippen molar-refractivity contribution in [1.82, 2.24) is 9.55 Å². The van der Waals surface area contributed by atoms with E-state index in [1.165, 1.54) is 5.56 Å². The van der Waals surface area contributed by atoms with Crippen LogP contribution in [0.1, 0.15) is 12.5 Å². The van der Waals surface area contributed by atoms with Gasteiger partial charge in [-0.05, 0) is 30.2 Å². The van der Waals surface area contributed by atoms with Crippen molar-refractivity contribution in [2.45, 2.75) is 13.3 Å². The summed E-state index contributed by atoms with van der Waals surface area (Å²) in [5.41, 5.74) is 9.95. The van der Waals surface area contributed by atoms with E-state index in [1.54, 1.807) is 6.33 Å². The number of anilines is 1. The highest BCUT2D eigenvalue weighted by atomic mass is 15.0. The minimum Gasteiger partial charge on any atom is -0.399 e. The molecule has 3 nitrogen and oxygen atoms in total. The lowest BCUT2D eigenvalue weighted by Gasteiger charge is -2.03. The summed E-state index contributed by atoms with van der Waals surface area (Å²) < 4.78 is 1.93. The molecule has 2 aromatic rings. The molecule has 2 rings (SSSR count). The fourth-order valence-electron chi connectivity index (χ4n) is 1.63. The molecule has 0 aliphatic carbocycles. The quantitative estimate of drug-likeness (QED) is 0.757. The van der Waals surface area contributed by atoms with Crippen LogP contribution in [-0.2, 0) is 13.5 Å². The van der Waals surface area contributed by atoms with Crippen LogP contribution in [0.15, 0.2) is 30.7 Å². The van der Waals surface area contributed by atoms with E-state index in [0.29, 0.717) is 0 Å². The van der Waals surface area contributed by atoms with Crippen LogP contribution in [0, 0.1) is 0 Å². The molecular formula is C12H15N3. The van der Waals surface area contributed by atoms with Gasteiger partial charge in [0.2, 0.25) is 0 Å². The summed E-state index contributed by atoms with van der Waals surface area (Å²) in [5, 5.41) is 0. The molecule has 1 aromatic carbocycles. The number of aromatic nitrogens is 2. The van der Waals surface area contributed by atoms with Gasteiger partial charge in [0.15, 0.2) is 0 Å². The van der Waals surface area contributed by atoms with E-state index in [4.69, 9.17) is 5.73 Å². The van der Waals surface area contributed by atoms with Crippen molar-refractivity contribution < 1.29 is 0 Å². The second-order valence-corrected chi connectivity index (χ2v) is 3.74. The first-order valence-corrected chi connectivity index (χ1v) is 5.07. The standard InChI is InChI=1S/C12H15N3/c1-3-9-4-10(6-11(13)5-9)12-7-15(2)8-14-12/h4-8H,3,13H2,1-2H3. The maximum absolute atomic E-state index is 5.84. The normalized spacial score (nSPS) is 10.5. The van der Waals surface area contributed by atoms with Gasteiger partial charge in [0.25, 0.3) is 0 Å². The SMILES string of the molecule is CCc1cc(N)cc(-c2cn(C)cn2)c1. The molecule has 0 spiro atoms. The van der Waals surface area contributed by atoms with Crippen LogP contribution in [0.5, 0.6) is 0 Å². The van der Waals surface area contributed by atoms with Gasteiger partial charge in [0.1, 0.15) is 0 Å². The van der Waals surface area contributed by atoms with E-state index in [0.717, 1.165) is 23.4 Å². The summed E-state index contributed by atoms with van der Waals surface area (Å²) in [6, 6.07) is 6.10. The van der Waals surface area contributed by atoms with Gasteiger partial charge in [0, 0.05) is 24.5 Å². The average Bonchev–Trinajstić information content (AvgIpc) is 2.64. The first-order chi connectivity index (χ1) is 7.19. The fraction of sp³-hybridized carbons (Fsp3) is 0.250. The molecule has 0 amide bonds. The van der Waals surface area contributed by atoms with Crippen molar-refractivity contribution >= 4 is 5.69 Å². The number of benzene rings is 1. The van der Waals surface area contributed by atoms with E-state index in [1.807, 2.05) is 29.9 Å². The first-order valence-electron chi connectivity index (χ1n) is 5.07. The smallest absolute Gasteiger partial charge is 0.0951 e. The van der Waals surface area contributed by atoms with Gasteiger partial charge in [-0.15, -0.1) is 0 Å². The molecule has 0 aliphatic heterocycles.